The van der Waals surface area contributed by atoms with Gasteiger partial charge in [-0.15, -0.1) is 0 Å². The number of hydrogen-bond donors (Lipinski definition) is 2. The predicted molar refractivity (Wildman–Crippen MR) is 81.9 cm³/mol. The third kappa shape index (κ3) is 4.09. The summed E-state index contributed by atoms with van der Waals surface area (Å²) < 4.78 is 5.14. The summed E-state index contributed by atoms with van der Waals surface area (Å²) in [5.74, 6) is -0.683. The van der Waals surface area contributed by atoms with Crippen molar-refractivity contribution in [2.45, 2.75) is 12.5 Å². The van der Waals surface area contributed by atoms with Gasteiger partial charge in [-0.05, 0) is 29.8 Å². The first-order chi connectivity index (χ1) is 10.6. The lowest BCUT2D eigenvalue weighted by molar-refractivity contribution is -0.137. The van der Waals surface area contributed by atoms with Crippen LogP contribution in [0.5, 0.6) is 5.75 Å². The van der Waals surface area contributed by atoms with Crippen molar-refractivity contribution in [2.24, 2.45) is 0 Å². The van der Waals surface area contributed by atoms with Crippen molar-refractivity contribution >= 4 is 11.9 Å². The van der Waals surface area contributed by atoms with Crippen molar-refractivity contribution < 1.29 is 19.4 Å². The molecule has 1 amide bonds. The van der Waals surface area contributed by atoms with Crippen LogP contribution in [0.1, 0.15) is 28.4 Å². The maximum absolute atomic E-state index is 12.2. The summed E-state index contributed by atoms with van der Waals surface area (Å²) >= 11 is 0. The first-order valence-corrected chi connectivity index (χ1v) is 6.82. The molecule has 0 aliphatic heterocycles. The average molecular weight is 299 g/mol. The van der Waals surface area contributed by atoms with Crippen LogP contribution in [0.4, 0.5) is 0 Å². The van der Waals surface area contributed by atoms with E-state index >= 15 is 0 Å². The molecule has 0 aliphatic rings. The molecule has 0 unspecified atom stereocenters. The van der Waals surface area contributed by atoms with Crippen LogP contribution in [0.2, 0.25) is 0 Å². The third-order valence-electron chi connectivity index (χ3n) is 3.22. The number of benzene rings is 2. The van der Waals surface area contributed by atoms with Gasteiger partial charge in [0, 0.05) is 5.56 Å². The molecule has 5 nitrogen and oxygen atoms in total. The Balaban J connectivity index is 2.22. The monoisotopic (exact) mass is 299 g/mol. The van der Waals surface area contributed by atoms with Gasteiger partial charge in [0.25, 0.3) is 5.91 Å². The average Bonchev–Trinajstić information content (AvgIpc) is 2.54. The molecule has 0 aromatic heterocycles. The molecule has 0 saturated heterocycles. The van der Waals surface area contributed by atoms with Crippen LogP contribution in [0.3, 0.4) is 0 Å². The molecule has 0 fully saturated rings. The normalized spacial score (nSPS) is 11.5. The van der Waals surface area contributed by atoms with Gasteiger partial charge in [-0.2, -0.15) is 0 Å². The summed E-state index contributed by atoms with van der Waals surface area (Å²) in [5, 5.41) is 11.8. The highest BCUT2D eigenvalue weighted by Gasteiger charge is 2.19. The van der Waals surface area contributed by atoms with E-state index in [0.717, 1.165) is 0 Å². The maximum Gasteiger partial charge on any atom is 0.305 e. The van der Waals surface area contributed by atoms with Gasteiger partial charge in [-0.1, -0.05) is 30.3 Å². The molecular weight excluding hydrogens is 282 g/mol. The first kappa shape index (κ1) is 15.6. The highest BCUT2D eigenvalue weighted by Crippen LogP contribution is 2.22. The van der Waals surface area contributed by atoms with Crippen LogP contribution in [0.15, 0.2) is 54.6 Å². The number of methoxy groups -OCH3 is 1. The molecule has 2 N–H and O–H groups in total. The molecule has 0 radical (unpaired) electrons. The predicted octanol–water partition coefficient (Wildman–Crippen LogP) is 2.64. The van der Waals surface area contributed by atoms with Crippen molar-refractivity contribution in [3.05, 3.63) is 65.7 Å². The molecule has 22 heavy (non-hydrogen) atoms. The Morgan fingerprint density at radius 3 is 2.50 bits per heavy atom. The summed E-state index contributed by atoms with van der Waals surface area (Å²) in [4.78, 5) is 23.3. The van der Waals surface area contributed by atoms with Crippen molar-refractivity contribution in [3.8, 4) is 5.75 Å². The highest BCUT2D eigenvalue weighted by atomic mass is 16.5. The minimum atomic E-state index is -0.985. The molecule has 2 aromatic rings. The topological polar surface area (TPSA) is 75.6 Å². The zero-order valence-electron chi connectivity index (χ0n) is 12.2. The Kier molecular flexibility index (Phi) is 5.14. The standard InChI is InChI=1S/C17H17NO4/c1-22-14-9-5-8-13(10-14)15(11-16(19)20)18-17(21)12-6-3-2-4-7-12/h2-10,15H,11H2,1H3,(H,18,21)(H,19,20)/t15-/m1/s1. The number of hydrogen-bond acceptors (Lipinski definition) is 3. The third-order valence-corrected chi connectivity index (χ3v) is 3.22. The van der Waals surface area contributed by atoms with Crippen molar-refractivity contribution in [1.82, 2.24) is 5.32 Å². The van der Waals surface area contributed by atoms with Crippen molar-refractivity contribution in [3.63, 3.8) is 0 Å². The lowest BCUT2D eigenvalue weighted by Crippen LogP contribution is -2.30. The van der Waals surface area contributed by atoms with E-state index in [-0.39, 0.29) is 12.3 Å². The van der Waals surface area contributed by atoms with E-state index in [1.165, 1.54) is 7.11 Å². The molecule has 2 aromatic carbocycles. The van der Waals surface area contributed by atoms with Crippen LogP contribution < -0.4 is 10.1 Å². The molecule has 0 spiro atoms. The number of nitrogens with one attached hydrogen (secondary N) is 1. The summed E-state index contributed by atoms with van der Waals surface area (Å²) in [6.07, 6.45) is -0.203. The molecule has 0 saturated carbocycles. The Morgan fingerprint density at radius 1 is 1.14 bits per heavy atom. The number of carboxylic acids is 1. The molecule has 114 valence electrons. The summed E-state index contributed by atoms with van der Waals surface area (Å²) in [5.41, 5.74) is 1.17. The Morgan fingerprint density at radius 2 is 1.86 bits per heavy atom. The van der Waals surface area contributed by atoms with Crippen LogP contribution in [-0.4, -0.2) is 24.1 Å². The fraction of sp³-hybridized carbons (Fsp3) is 0.176. The Bertz CT molecular complexity index is 655. The van der Waals surface area contributed by atoms with Gasteiger partial charge in [0.05, 0.1) is 19.6 Å². The van der Waals surface area contributed by atoms with Gasteiger partial charge in [0.15, 0.2) is 0 Å². The molecule has 0 bridgehead atoms. The van der Waals surface area contributed by atoms with Gasteiger partial charge >= 0.3 is 5.97 Å². The van der Waals surface area contributed by atoms with Gasteiger partial charge in [0.2, 0.25) is 0 Å². The smallest absolute Gasteiger partial charge is 0.305 e. The fourth-order valence-corrected chi connectivity index (χ4v) is 2.12. The highest BCUT2D eigenvalue weighted by molar-refractivity contribution is 5.94. The number of carbonyl (C=O) groups is 2. The summed E-state index contributed by atoms with van der Waals surface area (Å²) in [6, 6.07) is 15.1. The summed E-state index contributed by atoms with van der Waals surface area (Å²) in [7, 11) is 1.54. The van der Waals surface area contributed by atoms with Crippen molar-refractivity contribution in [1.29, 1.82) is 0 Å². The maximum atomic E-state index is 12.2. The molecule has 5 heteroatoms. The molecule has 0 heterocycles. The van der Waals surface area contributed by atoms with E-state index in [0.29, 0.717) is 16.9 Å². The van der Waals surface area contributed by atoms with E-state index in [1.807, 2.05) is 6.07 Å². The second-order valence-electron chi connectivity index (χ2n) is 4.77. The number of amides is 1. The van der Waals surface area contributed by atoms with Gasteiger partial charge < -0.3 is 15.2 Å². The minimum absolute atomic E-state index is 0.203. The van der Waals surface area contributed by atoms with Crippen LogP contribution in [0.25, 0.3) is 0 Å². The van der Waals surface area contributed by atoms with Crippen molar-refractivity contribution in [2.75, 3.05) is 7.11 Å². The fourth-order valence-electron chi connectivity index (χ4n) is 2.12. The lowest BCUT2D eigenvalue weighted by Gasteiger charge is -2.18. The van der Waals surface area contributed by atoms with E-state index in [1.54, 1.807) is 48.5 Å². The molecular formula is C17H17NO4. The second-order valence-corrected chi connectivity index (χ2v) is 4.77. The Labute approximate surface area is 128 Å². The minimum Gasteiger partial charge on any atom is -0.497 e. The number of carboxylic acid groups (broad SMARTS) is 1. The SMILES string of the molecule is COc1cccc([C@@H](CC(=O)O)NC(=O)c2ccccc2)c1. The lowest BCUT2D eigenvalue weighted by atomic mass is 10.0. The Hall–Kier alpha value is -2.82. The number of aliphatic carboxylic acids is 1. The van der Waals surface area contributed by atoms with Crippen LogP contribution in [0, 0.1) is 0 Å². The van der Waals surface area contributed by atoms with Gasteiger partial charge in [-0.3, -0.25) is 9.59 Å². The first-order valence-electron chi connectivity index (χ1n) is 6.82. The molecule has 1 atom stereocenters. The quantitative estimate of drug-likeness (QED) is 0.859. The number of ether oxygens (including phenoxy) is 1. The van der Waals surface area contributed by atoms with E-state index in [4.69, 9.17) is 9.84 Å². The van der Waals surface area contributed by atoms with E-state index < -0.39 is 12.0 Å². The molecule has 2 rings (SSSR count). The second kappa shape index (κ2) is 7.26. The summed E-state index contributed by atoms with van der Waals surface area (Å²) in [6.45, 7) is 0. The molecule has 0 aliphatic carbocycles. The number of rotatable bonds is 6. The number of carbonyl (C=O) groups excluding carboxylic acids is 1. The van der Waals surface area contributed by atoms with Gasteiger partial charge in [0.1, 0.15) is 5.75 Å². The van der Waals surface area contributed by atoms with Crippen LogP contribution in [-0.2, 0) is 4.79 Å². The van der Waals surface area contributed by atoms with Crippen LogP contribution >= 0.6 is 0 Å². The van der Waals surface area contributed by atoms with E-state index in [2.05, 4.69) is 5.32 Å². The van der Waals surface area contributed by atoms with E-state index in [9.17, 15) is 9.59 Å². The zero-order valence-corrected chi connectivity index (χ0v) is 12.2. The van der Waals surface area contributed by atoms with Gasteiger partial charge in [-0.25, -0.2) is 0 Å². The zero-order chi connectivity index (χ0) is 15.9. The largest absolute Gasteiger partial charge is 0.497 e.